The van der Waals surface area contributed by atoms with Gasteiger partial charge in [0.25, 0.3) is 5.91 Å². The summed E-state index contributed by atoms with van der Waals surface area (Å²) in [5, 5.41) is 5.90. The zero-order valence-corrected chi connectivity index (χ0v) is 17.7. The summed E-state index contributed by atoms with van der Waals surface area (Å²) >= 11 is 0. The van der Waals surface area contributed by atoms with Gasteiger partial charge in [0.15, 0.2) is 6.10 Å². The van der Waals surface area contributed by atoms with Crippen LogP contribution in [-0.2, 0) is 16.0 Å². The van der Waals surface area contributed by atoms with E-state index in [0.717, 1.165) is 27.9 Å². The van der Waals surface area contributed by atoms with Gasteiger partial charge in [-0.15, -0.1) is 0 Å². The normalized spacial score (nSPS) is 14.7. The van der Waals surface area contributed by atoms with Crippen molar-refractivity contribution in [1.29, 1.82) is 0 Å². The summed E-state index contributed by atoms with van der Waals surface area (Å²) in [6.07, 6.45) is 0.584. The second kappa shape index (κ2) is 9.04. The van der Waals surface area contributed by atoms with Gasteiger partial charge in [-0.25, -0.2) is 0 Å². The van der Waals surface area contributed by atoms with Crippen LogP contribution in [-0.4, -0.2) is 17.9 Å². The quantitative estimate of drug-likeness (QED) is 0.604. The van der Waals surface area contributed by atoms with Gasteiger partial charge in [0.2, 0.25) is 5.91 Å². The average Bonchev–Trinajstić information content (AvgIpc) is 2.79. The molecule has 0 fully saturated rings. The molecule has 0 bridgehead atoms. The van der Waals surface area contributed by atoms with Crippen molar-refractivity contribution in [3.63, 3.8) is 0 Å². The molecule has 0 aromatic heterocycles. The van der Waals surface area contributed by atoms with Crippen molar-refractivity contribution in [3.8, 4) is 16.9 Å². The first kappa shape index (κ1) is 20.7. The molecule has 5 heteroatoms. The molecule has 1 heterocycles. The van der Waals surface area contributed by atoms with E-state index in [2.05, 4.69) is 22.8 Å². The third kappa shape index (κ3) is 4.94. The Morgan fingerprint density at radius 3 is 2.39 bits per heavy atom. The van der Waals surface area contributed by atoms with Crippen LogP contribution in [0.25, 0.3) is 11.1 Å². The van der Waals surface area contributed by atoms with E-state index in [9.17, 15) is 9.59 Å². The molecule has 0 saturated carbocycles. The fourth-order valence-electron chi connectivity index (χ4n) is 3.70. The molecule has 0 spiro atoms. The van der Waals surface area contributed by atoms with Crippen LogP contribution < -0.4 is 15.4 Å². The Morgan fingerprint density at radius 2 is 1.65 bits per heavy atom. The first-order valence-corrected chi connectivity index (χ1v) is 10.5. The molecular formula is C26H26N2O3. The van der Waals surface area contributed by atoms with Crippen molar-refractivity contribution in [2.75, 3.05) is 5.32 Å². The Hall–Kier alpha value is -3.60. The fourth-order valence-corrected chi connectivity index (χ4v) is 3.70. The van der Waals surface area contributed by atoms with E-state index in [-0.39, 0.29) is 17.9 Å². The Labute approximate surface area is 182 Å². The number of amides is 2. The second-order valence-electron chi connectivity index (χ2n) is 7.85. The number of ether oxygens (including phenoxy) is 1. The Morgan fingerprint density at radius 1 is 0.935 bits per heavy atom. The Balaban J connectivity index is 1.35. The van der Waals surface area contributed by atoms with Gasteiger partial charge in [0.1, 0.15) is 5.75 Å². The summed E-state index contributed by atoms with van der Waals surface area (Å²) in [7, 11) is 0. The third-order valence-corrected chi connectivity index (χ3v) is 5.53. The Kier molecular flexibility index (Phi) is 6.03. The molecule has 0 aliphatic carbocycles. The predicted molar refractivity (Wildman–Crippen MR) is 122 cm³/mol. The number of aryl methyl sites for hydroxylation is 1. The van der Waals surface area contributed by atoms with Crippen molar-refractivity contribution in [3.05, 3.63) is 83.9 Å². The minimum absolute atomic E-state index is 0.0457. The van der Waals surface area contributed by atoms with E-state index in [1.54, 1.807) is 6.92 Å². The van der Waals surface area contributed by atoms with E-state index in [0.29, 0.717) is 18.6 Å². The summed E-state index contributed by atoms with van der Waals surface area (Å²) in [6, 6.07) is 23.6. The molecule has 1 aliphatic heterocycles. The fraction of sp³-hybridized carbons (Fsp3) is 0.231. The number of hydrogen-bond acceptors (Lipinski definition) is 3. The largest absolute Gasteiger partial charge is 0.481 e. The highest BCUT2D eigenvalue weighted by molar-refractivity contribution is 5.94. The lowest BCUT2D eigenvalue weighted by atomic mass is 9.97. The van der Waals surface area contributed by atoms with E-state index in [1.807, 2.05) is 67.6 Å². The van der Waals surface area contributed by atoms with Crippen molar-refractivity contribution in [1.82, 2.24) is 5.32 Å². The first-order chi connectivity index (χ1) is 15.0. The molecule has 3 aromatic carbocycles. The summed E-state index contributed by atoms with van der Waals surface area (Å²) in [4.78, 5) is 24.2. The molecule has 158 valence electrons. The van der Waals surface area contributed by atoms with Crippen LogP contribution in [0.15, 0.2) is 72.8 Å². The topological polar surface area (TPSA) is 67.4 Å². The van der Waals surface area contributed by atoms with Gasteiger partial charge in [-0.2, -0.15) is 0 Å². The number of rotatable bonds is 6. The highest BCUT2D eigenvalue weighted by atomic mass is 16.5. The van der Waals surface area contributed by atoms with Crippen LogP contribution in [0.4, 0.5) is 5.69 Å². The monoisotopic (exact) mass is 414 g/mol. The lowest BCUT2D eigenvalue weighted by Crippen LogP contribution is -2.37. The third-order valence-electron chi connectivity index (χ3n) is 5.53. The van der Waals surface area contributed by atoms with E-state index in [4.69, 9.17) is 4.74 Å². The van der Waals surface area contributed by atoms with Crippen LogP contribution in [0.5, 0.6) is 5.75 Å². The molecule has 1 aliphatic rings. The van der Waals surface area contributed by atoms with Gasteiger partial charge in [0.05, 0.1) is 6.04 Å². The predicted octanol–water partition coefficient (Wildman–Crippen LogP) is 4.88. The molecule has 5 nitrogen and oxygen atoms in total. The maximum atomic E-state index is 12.7. The highest BCUT2D eigenvalue weighted by Gasteiger charge is 2.20. The van der Waals surface area contributed by atoms with Crippen LogP contribution >= 0.6 is 0 Å². The molecule has 2 unspecified atom stereocenters. The number of nitrogens with one attached hydrogen (secondary N) is 2. The van der Waals surface area contributed by atoms with Crippen LogP contribution in [0.2, 0.25) is 0 Å². The molecule has 31 heavy (non-hydrogen) atoms. The molecule has 2 atom stereocenters. The SMILES string of the molecule is CC(Oc1ccc(-c2ccccc2)cc1)C(=O)NC(C)c1ccc2c(c1)CCC(=O)N2. The minimum Gasteiger partial charge on any atom is -0.481 e. The summed E-state index contributed by atoms with van der Waals surface area (Å²) in [5.41, 5.74) is 5.19. The smallest absolute Gasteiger partial charge is 0.261 e. The van der Waals surface area contributed by atoms with Gasteiger partial charge >= 0.3 is 0 Å². The molecule has 3 aromatic rings. The molecule has 2 amide bonds. The number of benzene rings is 3. The van der Waals surface area contributed by atoms with Crippen LogP contribution in [0.3, 0.4) is 0 Å². The standard InChI is InChI=1S/C26H26N2O3/c1-17(21-10-14-24-22(16-21)11-15-25(29)28-24)27-26(30)18(2)31-23-12-8-20(9-13-23)19-6-4-3-5-7-19/h3-10,12-14,16-18H,11,15H2,1-2H3,(H,27,30)(H,28,29). The summed E-state index contributed by atoms with van der Waals surface area (Å²) in [5.74, 6) is 0.523. The zero-order chi connectivity index (χ0) is 21.8. The zero-order valence-electron chi connectivity index (χ0n) is 17.7. The maximum absolute atomic E-state index is 12.7. The Bertz CT molecular complexity index is 1080. The summed E-state index contributed by atoms with van der Waals surface area (Å²) < 4.78 is 5.85. The van der Waals surface area contributed by atoms with Gasteiger partial charge < -0.3 is 15.4 Å². The number of carbonyl (C=O) groups is 2. The number of hydrogen-bond donors (Lipinski definition) is 2. The first-order valence-electron chi connectivity index (χ1n) is 10.5. The van der Waals surface area contributed by atoms with Gasteiger partial charge in [0, 0.05) is 12.1 Å². The van der Waals surface area contributed by atoms with Crippen LogP contribution in [0, 0.1) is 0 Å². The number of carbonyl (C=O) groups excluding carboxylic acids is 2. The molecule has 0 saturated heterocycles. The molecule has 0 radical (unpaired) electrons. The van der Waals surface area contributed by atoms with Gasteiger partial charge in [-0.1, -0.05) is 54.6 Å². The van der Waals surface area contributed by atoms with Crippen molar-refractivity contribution in [2.24, 2.45) is 0 Å². The second-order valence-corrected chi connectivity index (χ2v) is 7.85. The lowest BCUT2D eigenvalue weighted by Gasteiger charge is -2.22. The summed E-state index contributed by atoms with van der Waals surface area (Å²) in [6.45, 7) is 3.69. The highest BCUT2D eigenvalue weighted by Crippen LogP contribution is 2.26. The molecular weight excluding hydrogens is 388 g/mol. The van der Waals surface area contributed by atoms with E-state index in [1.165, 1.54) is 0 Å². The minimum atomic E-state index is -0.623. The van der Waals surface area contributed by atoms with Crippen molar-refractivity contribution >= 4 is 17.5 Å². The van der Waals surface area contributed by atoms with E-state index < -0.39 is 6.10 Å². The van der Waals surface area contributed by atoms with Gasteiger partial charge in [-0.05, 0) is 60.7 Å². The van der Waals surface area contributed by atoms with Crippen LogP contribution in [0.1, 0.15) is 37.4 Å². The number of fused-ring (bicyclic) bond motifs is 1. The van der Waals surface area contributed by atoms with E-state index >= 15 is 0 Å². The maximum Gasteiger partial charge on any atom is 0.261 e. The van der Waals surface area contributed by atoms with Crippen molar-refractivity contribution < 1.29 is 14.3 Å². The lowest BCUT2D eigenvalue weighted by molar-refractivity contribution is -0.128. The molecule has 2 N–H and O–H groups in total. The number of anilines is 1. The van der Waals surface area contributed by atoms with Gasteiger partial charge in [-0.3, -0.25) is 9.59 Å². The average molecular weight is 415 g/mol. The van der Waals surface area contributed by atoms with Crippen molar-refractivity contribution in [2.45, 2.75) is 38.8 Å². The molecule has 4 rings (SSSR count).